The molecule has 0 fully saturated rings. The molecule has 2 aromatic rings. The Bertz CT molecular complexity index is 648. The third-order valence-corrected chi connectivity index (χ3v) is 4.08. The van der Waals surface area contributed by atoms with E-state index in [9.17, 15) is 4.79 Å². The summed E-state index contributed by atoms with van der Waals surface area (Å²) in [4.78, 5) is 16.4. The summed E-state index contributed by atoms with van der Waals surface area (Å²) >= 11 is 0. The molecule has 5 nitrogen and oxygen atoms in total. The Balaban J connectivity index is 1.60. The number of rotatable bonds is 4. The van der Waals surface area contributed by atoms with Gasteiger partial charge in [0.2, 0.25) is 0 Å². The van der Waals surface area contributed by atoms with Gasteiger partial charge in [0.05, 0.1) is 6.33 Å². The molecule has 0 radical (unpaired) electrons. The van der Waals surface area contributed by atoms with Crippen molar-refractivity contribution in [1.82, 2.24) is 14.9 Å². The van der Waals surface area contributed by atoms with Crippen molar-refractivity contribution in [2.24, 2.45) is 0 Å². The molecule has 2 atom stereocenters. The molecule has 1 aromatic carbocycles. The number of imidazole rings is 1. The van der Waals surface area contributed by atoms with E-state index < -0.39 is 6.10 Å². The predicted molar refractivity (Wildman–Crippen MR) is 83.9 cm³/mol. The Morgan fingerprint density at radius 1 is 1.45 bits per heavy atom. The second-order valence-electron chi connectivity index (χ2n) is 6.02. The molecule has 22 heavy (non-hydrogen) atoms. The van der Waals surface area contributed by atoms with Crippen LogP contribution in [0.4, 0.5) is 0 Å². The summed E-state index contributed by atoms with van der Waals surface area (Å²) in [6, 6.07) is 4.16. The van der Waals surface area contributed by atoms with Gasteiger partial charge in [0.15, 0.2) is 6.10 Å². The standard InChI is InChI=1S/C17H21N3O2/c1-11-6-14-8-16(22-15(14)7-12(11)2)17(21)19-13(3)9-20-5-4-18-10-20/h4-7,10,13,16H,8-9H2,1-3H3,(H,19,21). The van der Waals surface area contributed by atoms with E-state index in [2.05, 4.69) is 30.2 Å². The molecule has 0 bridgehead atoms. The lowest BCUT2D eigenvalue weighted by atomic mass is 10.0. The van der Waals surface area contributed by atoms with Gasteiger partial charge in [-0.05, 0) is 43.5 Å². The monoisotopic (exact) mass is 299 g/mol. The SMILES string of the molecule is Cc1cc2c(cc1C)OC(C(=O)NC(C)Cn1ccnc1)C2. The number of hydrogen-bond acceptors (Lipinski definition) is 3. The number of carbonyl (C=O) groups is 1. The molecule has 3 rings (SSSR count). The van der Waals surface area contributed by atoms with Crippen LogP contribution in [0.1, 0.15) is 23.6 Å². The fraction of sp³-hybridized carbons (Fsp3) is 0.412. The molecule has 0 saturated carbocycles. The molecule has 0 saturated heterocycles. The molecule has 5 heteroatoms. The zero-order chi connectivity index (χ0) is 15.7. The Morgan fingerprint density at radius 2 is 2.23 bits per heavy atom. The van der Waals surface area contributed by atoms with Crippen LogP contribution in [0.2, 0.25) is 0 Å². The summed E-state index contributed by atoms with van der Waals surface area (Å²) < 4.78 is 7.76. The van der Waals surface area contributed by atoms with Gasteiger partial charge in [-0.2, -0.15) is 0 Å². The van der Waals surface area contributed by atoms with Gasteiger partial charge >= 0.3 is 0 Å². The lowest BCUT2D eigenvalue weighted by Crippen LogP contribution is -2.43. The summed E-state index contributed by atoms with van der Waals surface area (Å²) in [5.41, 5.74) is 3.54. The predicted octanol–water partition coefficient (Wildman–Crippen LogP) is 2.01. The number of carbonyl (C=O) groups excluding carboxylic acids is 1. The van der Waals surface area contributed by atoms with E-state index in [0.717, 1.165) is 11.3 Å². The molecule has 1 aromatic heterocycles. The fourth-order valence-corrected chi connectivity index (χ4v) is 2.75. The van der Waals surface area contributed by atoms with Crippen molar-refractivity contribution in [3.05, 3.63) is 47.5 Å². The summed E-state index contributed by atoms with van der Waals surface area (Å²) in [5.74, 6) is 0.782. The van der Waals surface area contributed by atoms with Crippen molar-refractivity contribution in [2.45, 2.75) is 45.9 Å². The van der Waals surface area contributed by atoms with Crippen LogP contribution < -0.4 is 10.1 Å². The Labute approximate surface area is 130 Å². The topological polar surface area (TPSA) is 56.1 Å². The lowest BCUT2D eigenvalue weighted by Gasteiger charge is -2.17. The number of ether oxygens (including phenoxy) is 1. The van der Waals surface area contributed by atoms with Crippen LogP contribution in [0.3, 0.4) is 0 Å². The molecule has 1 aliphatic heterocycles. The lowest BCUT2D eigenvalue weighted by molar-refractivity contribution is -0.127. The second kappa shape index (κ2) is 5.83. The molecule has 2 heterocycles. The highest BCUT2D eigenvalue weighted by atomic mass is 16.5. The minimum Gasteiger partial charge on any atom is -0.480 e. The van der Waals surface area contributed by atoms with Crippen molar-refractivity contribution in [3.8, 4) is 5.75 Å². The van der Waals surface area contributed by atoms with Crippen molar-refractivity contribution in [2.75, 3.05) is 0 Å². The van der Waals surface area contributed by atoms with E-state index in [0.29, 0.717) is 13.0 Å². The first-order valence-corrected chi connectivity index (χ1v) is 7.56. The normalized spacial score (nSPS) is 17.7. The van der Waals surface area contributed by atoms with Gasteiger partial charge < -0.3 is 14.6 Å². The smallest absolute Gasteiger partial charge is 0.261 e. The molecular weight excluding hydrogens is 278 g/mol. The minimum atomic E-state index is -0.429. The highest BCUT2D eigenvalue weighted by Gasteiger charge is 2.30. The summed E-state index contributed by atoms with van der Waals surface area (Å²) in [6.45, 7) is 6.81. The summed E-state index contributed by atoms with van der Waals surface area (Å²) in [7, 11) is 0. The van der Waals surface area contributed by atoms with Gasteiger partial charge in [-0.15, -0.1) is 0 Å². The molecule has 1 N–H and O–H groups in total. The van der Waals surface area contributed by atoms with Crippen LogP contribution in [0.15, 0.2) is 30.9 Å². The highest BCUT2D eigenvalue weighted by Crippen LogP contribution is 2.31. The third kappa shape index (κ3) is 2.98. The number of nitrogens with zero attached hydrogens (tertiary/aromatic N) is 2. The van der Waals surface area contributed by atoms with E-state index in [1.54, 1.807) is 12.5 Å². The second-order valence-corrected chi connectivity index (χ2v) is 6.02. The van der Waals surface area contributed by atoms with Crippen LogP contribution >= 0.6 is 0 Å². The number of fused-ring (bicyclic) bond motifs is 1. The largest absolute Gasteiger partial charge is 0.480 e. The van der Waals surface area contributed by atoms with Crippen LogP contribution in [0, 0.1) is 13.8 Å². The van der Waals surface area contributed by atoms with Crippen LogP contribution in [0.5, 0.6) is 5.75 Å². The Morgan fingerprint density at radius 3 is 2.95 bits per heavy atom. The van der Waals surface area contributed by atoms with E-state index in [1.807, 2.05) is 23.8 Å². The van der Waals surface area contributed by atoms with Crippen molar-refractivity contribution in [3.63, 3.8) is 0 Å². The molecule has 1 aliphatic rings. The average molecular weight is 299 g/mol. The van der Waals surface area contributed by atoms with Gasteiger partial charge in [-0.3, -0.25) is 4.79 Å². The third-order valence-electron chi connectivity index (χ3n) is 4.08. The molecule has 0 spiro atoms. The zero-order valence-corrected chi connectivity index (χ0v) is 13.2. The molecule has 116 valence electrons. The van der Waals surface area contributed by atoms with Gasteiger partial charge in [0.25, 0.3) is 5.91 Å². The maximum Gasteiger partial charge on any atom is 0.261 e. The number of nitrogens with one attached hydrogen (secondary N) is 1. The molecule has 2 unspecified atom stereocenters. The van der Waals surface area contributed by atoms with E-state index in [4.69, 9.17) is 4.74 Å². The summed E-state index contributed by atoms with van der Waals surface area (Å²) in [6.07, 6.45) is 5.57. The Kier molecular flexibility index (Phi) is 3.88. The van der Waals surface area contributed by atoms with Gasteiger partial charge in [-0.1, -0.05) is 6.07 Å². The maximum absolute atomic E-state index is 12.4. The first kappa shape index (κ1) is 14.6. The number of amides is 1. The van der Waals surface area contributed by atoms with E-state index in [1.165, 1.54) is 11.1 Å². The quantitative estimate of drug-likeness (QED) is 0.939. The highest BCUT2D eigenvalue weighted by molar-refractivity contribution is 5.82. The Hall–Kier alpha value is -2.30. The first-order chi connectivity index (χ1) is 10.5. The molecule has 0 aliphatic carbocycles. The average Bonchev–Trinajstić information content (AvgIpc) is 3.08. The number of benzene rings is 1. The van der Waals surface area contributed by atoms with Gasteiger partial charge in [0.1, 0.15) is 5.75 Å². The molecular formula is C17H21N3O2. The van der Waals surface area contributed by atoms with E-state index in [-0.39, 0.29) is 11.9 Å². The fourth-order valence-electron chi connectivity index (χ4n) is 2.75. The van der Waals surface area contributed by atoms with E-state index >= 15 is 0 Å². The van der Waals surface area contributed by atoms with Crippen molar-refractivity contribution >= 4 is 5.91 Å². The van der Waals surface area contributed by atoms with Crippen LogP contribution in [-0.4, -0.2) is 27.6 Å². The van der Waals surface area contributed by atoms with Crippen LogP contribution in [-0.2, 0) is 17.8 Å². The minimum absolute atomic E-state index is 0.0254. The van der Waals surface area contributed by atoms with Crippen molar-refractivity contribution < 1.29 is 9.53 Å². The number of aromatic nitrogens is 2. The van der Waals surface area contributed by atoms with Gasteiger partial charge in [-0.25, -0.2) is 4.98 Å². The number of aryl methyl sites for hydroxylation is 2. The number of hydrogen-bond donors (Lipinski definition) is 1. The maximum atomic E-state index is 12.4. The van der Waals surface area contributed by atoms with Gasteiger partial charge in [0, 0.05) is 31.4 Å². The molecule has 1 amide bonds. The first-order valence-electron chi connectivity index (χ1n) is 7.56. The zero-order valence-electron chi connectivity index (χ0n) is 13.2. The van der Waals surface area contributed by atoms with Crippen molar-refractivity contribution in [1.29, 1.82) is 0 Å². The summed E-state index contributed by atoms with van der Waals surface area (Å²) in [5, 5.41) is 3.01. The van der Waals surface area contributed by atoms with Crippen LogP contribution in [0.25, 0.3) is 0 Å².